The molecule has 36 heavy (non-hydrogen) atoms. The molecular weight excluding hydrogens is 476 g/mol. The number of amides is 2. The van der Waals surface area contributed by atoms with Gasteiger partial charge in [0.05, 0.1) is 16.7 Å². The van der Waals surface area contributed by atoms with Gasteiger partial charge in [-0.2, -0.15) is 10.5 Å². The molecule has 0 radical (unpaired) electrons. The standard InChI is InChI=1S/C28H29ClN4O3/c1-28(2,3)36-27(35)33-23-10-8-20(14-23)25(33)26(34)32-22(16-31)12-17-4-6-18(7-5-17)19-9-11-24(29)21(13-19)15-30/h4-7,9,11,13,20,22-23,25H,8,10,12,14H2,1-3H3,(H,32,34). The molecule has 4 rings (SSSR count). The van der Waals surface area contributed by atoms with Crippen molar-refractivity contribution in [2.75, 3.05) is 0 Å². The van der Waals surface area contributed by atoms with Gasteiger partial charge in [-0.25, -0.2) is 4.79 Å². The number of likely N-dealkylation sites (tertiary alicyclic amines) is 1. The van der Waals surface area contributed by atoms with E-state index in [9.17, 15) is 20.1 Å². The molecule has 1 N–H and O–H groups in total. The third-order valence-corrected chi connectivity index (χ3v) is 7.07. The van der Waals surface area contributed by atoms with Crippen molar-refractivity contribution >= 4 is 23.6 Å². The number of rotatable bonds is 5. The fraction of sp³-hybridized carbons (Fsp3) is 0.429. The Kier molecular flexibility index (Phi) is 7.24. The smallest absolute Gasteiger partial charge is 0.411 e. The fourth-order valence-electron chi connectivity index (χ4n) is 5.15. The van der Waals surface area contributed by atoms with Crippen molar-refractivity contribution in [2.24, 2.45) is 5.92 Å². The van der Waals surface area contributed by atoms with E-state index in [1.165, 1.54) is 0 Å². The lowest BCUT2D eigenvalue weighted by Gasteiger charge is -2.35. The number of hydrogen-bond donors (Lipinski definition) is 1. The van der Waals surface area contributed by atoms with Crippen molar-refractivity contribution in [3.05, 3.63) is 58.6 Å². The van der Waals surface area contributed by atoms with Crippen molar-refractivity contribution in [1.82, 2.24) is 10.2 Å². The quantitative estimate of drug-likeness (QED) is 0.601. The summed E-state index contributed by atoms with van der Waals surface area (Å²) in [5.74, 6) is -0.222. The zero-order valence-corrected chi connectivity index (χ0v) is 21.4. The minimum atomic E-state index is -0.733. The number of carbonyl (C=O) groups excluding carboxylic acids is 2. The number of ether oxygens (including phenoxy) is 1. The number of carbonyl (C=O) groups is 2. The van der Waals surface area contributed by atoms with Crippen LogP contribution in [-0.2, 0) is 16.0 Å². The zero-order valence-electron chi connectivity index (χ0n) is 20.6. The molecule has 2 aromatic rings. The third kappa shape index (κ3) is 5.48. The van der Waals surface area contributed by atoms with Crippen LogP contribution in [0.3, 0.4) is 0 Å². The van der Waals surface area contributed by atoms with E-state index < -0.39 is 23.8 Å². The zero-order chi connectivity index (χ0) is 26.0. The highest BCUT2D eigenvalue weighted by Gasteiger charge is 2.52. The van der Waals surface area contributed by atoms with Crippen LogP contribution in [0, 0.1) is 28.6 Å². The SMILES string of the molecule is CC(C)(C)OC(=O)N1C2CCC(C2)C1C(=O)NC(C#N)Cc1ccc(-c2ccc(Cl)c(C#N)c2)cc1. The molecule has 2 bridgehead atoms. The summed E-state index contributed by atoms with van der Waals surface area (Å²) in [7, 11) is 0. The summed E-state index contributed by atoms with van der Waals surface area (Å²) in [6.45, 7) is 5.42. The maximum absolute atomic E-state index is 13.3. The van der Waals surface area contributed by atoms with Crippen molar-refractivity contribution in [1.29, 1.82) is 10.5 Å². The van der Waals surface area contributed by atoms with E-state index in [4.69, 9.17) is 16.3 Å². The molecule has 2 fully saturated rings. The summed E-state index contributed by atoms with van der Waals surface area (Å²) < 4.78 is 5.57. The molecule has 2 aromatic carbocycles. The van der Waals surface area contributed by atoms with E-state index in [0.29, 0.717) is 17.0 Å². The number of halogens is 1. The van der Waals surface area contributed by atoms with Crippen molar-refractivity contribution in [2.45, 2.75) is 70.2 Å². The minimum absolute atomic E-state index is 0.00287. The molecule has 1 saturated heterocycles. The van der Waals surface area contributed by atoms with Gasteiger partial charge in [0.2, 0.25) is 5.91 Å². The van der Waals surface area contributed by atoms with Gasteiger partial charge < -0.3 is 10.1 Å². The summed E-state index contributed by atoms with van der Waals surface area (Å²) in [5, 5.41) is 22.2. The number of hydrogen-bond acceptors (Lipinski definition) is 5. The van der Waals surface area contributed by atoms with Gasteiger partial charge in [0.1, 0.15) is 23.8 Å². The number of piperidine rings is 1. The van der Waals surface area contributed by atoms with Gasteiger partial charge in [0.15, 0.2) is 0 Å². The van der Waals surface area contributed by atoms with Crippen LogP contribution in [0.15, 0.2) is 42.5 Å². The Bertz CT molecular complexity index is 1240. The van der Waals surface area contributed by atoms with Gasteiger partial charge in [-0.05, 0) is 74.8 Å². The van der Waals surface area contributed by atoms with E-state index in [0.717, 1.165) is 36.0 Å². The third-order valence-electron chi connectivity index (χ3n) is 6.74. The molecule has 8 heteroatoms. The van der Waals surface area contributed by atoms with Crippen LogP contribution in [0.4, 0.5) is 4.79 Å². The maximum atomic E-state index is 13.3. The Balaban J connectivity index is 1.43. The second-order valence-electron chi connectivity index (χ2n) is 10.5. The van der Waals surface area contributed by atoms with Crippen LogP contribution < -0.4 is 5.32 Å². The second-order valence-corrected chi connectivity index (χ2v) is 10.9. The van der Waals surface area contributed by atoms with Crippen LogP contribution in [-0.4, -0.2) is 40.6 Å². The van der Waals surface area contributed by atoms with Crippen LogP contribution in [0.1, 0.15) is 51.2 Å². The van der Waals surface area contributed by atoms with E-state index >= 15 is 0 Å². The Labute approximate surface area is 216 Å². The highest BCUT2D eigenvalue weighted by Crippen LogP contribution is 2.43. The summed E-state index contributed by atoms with van der Waals surface area (Å²) in [5.41, 5.74) is 2.43. The first-order chi connectivity index (χ1) is 17.1. The average Bonchev–Trinajstić information content (AvgIpc) is 3.45. The number of fused-ring (bicyclic) bond motifs is 2. The van der Waals surface area contributed by atoms with Crippen LogP contribution in [0.25, 0.3) is 11.1 Å². The van der Waals surface area contributed by atoms with Crippen LogP contribution in [0.5, 0.6) is 0 Å². The molecular formula is C28H29ClN4O3. The van der Waals surface area contributed by atoms with Gasteiger partial charge in [-0.15, -0.1) is 0 Å². The van der Waals surface area contributed by atoms with Gasteiger partial charge >= 0.3 is 6.09 Å². The fourth-order valence-corrected chi connectivity index (χ4v) is 5.31. The number of nitriles is 2. The Hall–Kier alpha value is -3.55. The van der Waals surface area contributed by atoms with E-state index in [-0.39, 0.29) is 17.9 Å². The molecule has 0 aromatic heterocycles. The molecule has 0 spiro atoms. The van der Waals surface area contributed by atoms with Crippen molar-refractivity contribution in [3.63, 3.8) is 0 Å². The van der Waals surface area contributed by atoms with Crippen LogP contribution in [0.2, 0.25) is 5.02 Å². The highest BCUT2D eigenvalue weighted by molar-refractivity contribution is 6.31. The molecule has 2 aliphatic rings. The van der Waals surface area contributed by atoms with Gasteiger partial charge in [-0.1, -0.05) is 41.9 Å². The average molecular weight is 505 g/mol. The first kappa shape index (κ1) is 25.5. The highest BCUT2D eigenvalue weighted by atomic mass is 35.5. The summed E-state index contributed by atoms with van der Waals surface area (Å²) in [6.07, 6.45) is 2.40. The van der Waals surface area contributed by atoms with Crippen molar-refractivity contribution < 1.29 is 14.3 Å². The molecule has 1 aliphatic carbocycles. The Morgan fingerprint density at radius 3 is 2.47 bits per heavy atom. The predicted octanol–water partition coefficient (Wildman–Crippen LogP) is 5.22. The largest absolute Gasteiger partial charge is 0.444 e. The van der Waals surface area contributed by atoms with E-state index in [1.54, 1.807) is 37.8 Å². The molecule has 1 saturated carbocycles. The Morgan fingerprint density at radius 1 is 1.14 bits per heavy atom. The van der Waals surface area contributed by atoms with E-state index in [1.807, 2.05) is 30.3 Å². The van der Waals surface area contributed by atoms with E-state index in [2.05, 4.69) is 17.5 Å². The first-order valence-corrected chi connectivity index (χ1v) is 12.5. The maximum Gasteiger partial charge on any atom is 0.411 e. The summed E-state index contributed by atoms with van der Waals surface area (Å²) >= 11 is 6.03. The monoisotopic (exact) mass is 504 g/mol. The topological polar surface area (TPSA) is 106 Å². The second kappa shape index (κ2) is 10.2. The summed E-state index contributed by atoms with van der Waals surface area (Å²) in [6, 6.07) is 15.8. The molecule has 2 amide bonds. The summed E-state index contributed by atoms with van der Waals surface area (Å²) in [4.78, 5) is 27.7. The number of nitrogens with one attached hydrogen (secondary N) is 1. The molecule has 4 unspecified atom stereocenters. The Morgan fingerprint density at radius 2 is 1.83 bits per heavy atom. The lowest BCUT2D eigenvalue weighted by molar-refractivity contribution is -0.128. The van der Waals surface area contributed by atoms with Crippen molar-refractivity contribution in [3.8, 4) is 23.3 Å². The molecule has 7 nitrogen and oxygen atoms in total. The molecule has 1 heterocycles. The molecule has 4 atom stereocenters. The van der Waals surface area contributed by atoms with Gasteiger partial charge in [0.25, 0.3) is 0 Å². The normalized spacial score (nSPS) is 21.4. The van der Waals surface area contributed by atoms with Gasteiger partial charge in [0, 0.05) is 12.5 Å². The van der Waals surface area contributed by atoms with Crippen LogP contribution >= 0.6 is 11.6 Å². The van der Waals surface area contributed by atoms with Gasteiger partial charge in [-0.3, -0.25) is 9.69 Å². The molecule has 1 aliphatic heterocycles. The lowest BCUT2D eigenvalue weighted by Crippen LogP contribution is -2.55. The number of nitrogens with zero attached hydrogens (tertiary/aromatic N) is 3. The minimum Gasteiger partial charge on any atom is -0.444 e. The number of benzene rings is 2. The molecule has 186 valence electrons. The first-order valence-electron chi connectivity index (χ1n) is 12.1. The lowest BCUT2D eigenvalue weighted by atomic mass is 9.97. The predicted molar refractivity (Wildman–Crippen MR) is 136 cm³/mol.